The van der Waals surface area contributed by atoms with Crippen LogP contribution in [0.25, 0.3) is 0 Å². The number of nitrogens with zero attached hydrogens (tertiary/aromatic N) is 1. The van der Waals surface area contributed by atoms with Crippen LogP contribution in [-0.4, -0.2) is 19.9 Å². The second kappa shape index (κ2) is 7.20. The number of hydrazone groups is 1. The summed E-state index contributed by atoms with van der Waals surface area (Å²) < 4.78 is 63.7. The lowest BCUT2D eigenvalue weighted by Gasteiger charge is -2.10. The van der Waals surface area contributed by atoms with Gasteiger partial charge in [0, 0.05) is 11.6 Å². The fourth-order valence-corrected chi connectivity index (χ4v) is 1.94. The van der Waals surface area contributed by atoms with Crippen molar-refractivity contribution in [3.63, 3.8) is 0 Å². The highest BCUT2D eigenvalue weighted by Gasteiger charge is 2.19. The molecule has 24 heavy (non-hydrogen) atoms. The van der Waals surface area contributed by atoms with Crippen molar-refractivity contribution in [1.82, 2.24) is 0 Å². The molecule has 128 valence electrons. The van der Waals surface area contributed by atoms with Gasteiger partial charge in [0.15, 0.2) is 34.8 Å². The van der Waals surface area contributed by atoms with E-state index in [2.05, 4.69) is 5.10 Å². The molecule has 0 aromatic heterocycles. The molecule has 0 amide bonds. The van der Waals surface area contributed by atoms with Crippen molar-refractivity contribution in [2.45, 2.75) is 6.92 Å². The number of halogens is 4. The zero-order chi connectivity index (χ0) is 17.9. The van der Waals surface area contributed by atoms with Crippen molar-refractivity contribution in [1.29, 1.82) is 0 Å². The molecule has 0 saturated heterocycles. The Bertz CT molecular complexity index is 768. The molecule has 8 heteroatoms. The van der Waals surface area contributed by atoms with Gasteiger partial charge in [0.25, 0.3) is 0 Å². The molecule has 0 aliphatic rings. The summed E-state index contributed by atoms with van der Waals surface area (Å²) in [5, 5.41) is 3.76. The van der Waals surface area contributed by atoms with E-state index in [0.29, 0.717) is 22.8 Å². The highest BCUT2D eigenvalue weighted by Crippen LogP contribution is 2.28. The van der Waals surface area contributed by atoms with Crippen LogP contribution in [-0.2, 0) is 0 Å². The van der Waals surface area contributed by atoms with Gasteiger partial charge in [-0.1, -0.05) is 0 Å². The summed E-state index contributed by atoms with van der Waals surface area (Å²) in [6.45, 7) is 1.54. The second-order valence-electron chi connectivity index (χ2n) is 4.72. The third-order valence-corrected chi connectivity index (χ3v) is 3.25. The minimum Gasteiger partial charge on any atom is -0.493 e. The van der Waals surface area contributed by atoms with Gasteiger partial charge in [-0.05, 0) is 25.1 Å². The Kier molecular flexibility index (Phi) is 5.28. The van der Waals surface area contributed by atoms with Crippen LogP contribution in [0.4, 0.5) is 23.2 Å². The first-order valence-electron chi connectivity index (χ1n) is 6.74. The summed E-state index contributed by atoms with van der Waals surface area (Å²) in [6, 6.07) is 4.98. The molecule has 0 radical (unpaired) electrons. The lowest BCUT2D eigenvalue weighted by atomic mass is 10.1. The molecule has 2 aromatic carbocycles. The Morgan fingerprint density at radius 3 is 2.04 bits per heavy atom. The Morgan fingerprint density at radius 2 is 1.50 bits per heavy atom. The standard InChI is InChI=1S/C16H14F4N2O2/c1-8(9-4-5-12(23-2)13(6-9)24-3)21-22-16-14(19)10(17)7-11(18)15(16)20/h4-7,22H,1-3H3. The molecule has 4 nitrogen and oxygen atoms in total. The van der Waals surface area contributed by atoms with Crippen molar-refractivity contribution in [3.8, 4) is 11.5 Å². The maximum Gasteiger partial charge on any atom is 0.186 e. The summed E-state index contributed by atoms with van der Waals surface area (Å²) in [5.41, 5.74) is 1.86. The maximum absolute atomic E-state index is 13.6. The van der Waals surface area contributed by atoms with Gasteiger partial charge in [0.05, 0.1) is 19.9 Å². The quantitative estimate of drug-likeness (QED) is 0.385. The van der Waals surface area contributed by atoms with Crippen LogP contribution in [0.1, 0.15) is 12.5 Å². The van der Waals surface area contributed by atoms with Crippen molar-refractivity contribution in [2.24, 2.45) is 5.10 Å². The summed E-state index contributed by atoms with van der Waals surface area (Å²) in [5.74, 6) is -5.23. The normalized spacial score (nSPS) is 11.4. The summed E-state index contributed by atoms with van der Waals surface area (Å²) >= 11 is 0. The maximum atomic E-state index is 13.6. The number of hydrogen-bond acceptors (Lipinski definition) is 4. The lowest BCUT2D eigenvalue weighted by Crippen LogP contribution is -2.06. The largest absolute Gasteiger partial charge is 0.493 e. The first-order chi connectivity index (χ1) is 11.4. The average molecular weight is 342 g/mol. The first kappa shape index (κ1) is 17.6. The molecule has 0 unspecified atom stereocenters. The molecule has 0 spiro atoms. The molecule has 1 N–H and O–H groups in total. The number of methoxy groups -OCH3 is 2. The van der Waals surface area contributed by atoms with Gasteiger partial charge in [-0.25, -0.2) is 17.6 Å². The molecule has 0 fully saturated rings. The molecule has 0 saturated carbocycles. The van der Waals surface area contributed by atoms with Gasteiger partial charge in [-0.3, -0.25) is 5.43 Å². The number of ether oxygens (including phenoxy) is 2. The van der Waals surface area contributed by atoms with Gasteiger partial charge in [-0.15, -0.1) is 0 Å². The fraction of sp³-hybridized carbons (Fsp3) is 0.188. The van der Waals surface area contributed by atoms with E-state index in [1.165, 1.54) is 14.2 Å². The SMILES string of the molecule is COc1ccc(C(C)=NNc2c(F)c(F)cc(F)c2F)cc1OC. The van der Waals surface area contributed by atoms with E-state index in [-0.39, 0.29) is 6.07 Å². The van der Waals surface area contributed by atoms with E-state index in [1.54, 1.807) is 25.1 Å². The Balaban J connectivity index is 2.33. The average Bonchev–Trinajstić information content (AvgIpc) is 2.59. The molecular weight excluding hydrogens is 328 g/mol. The van der Waals surface area contributed by atoms with Crippen LogP contribution in [0.5, 0.6) is 11.5 Å². The smallest absolute Gasteiger partial charge is 0.186 e. The Morgan fingerprint density at radius 1 is 0.917 bits per heavy atom. The van der Waals surface area contributed by atoms with Crippen molar-refractivity contribution < 1.29 is 27.0 Å². The van der Waals surface area contributed by atoms with Gasteiger partial charge in [0.1, 0.15) is 5.69 Å². The van der Waals surface area contributed by atoms with E-state index in [0.717, 1.165) is 0 Å². The van der Waals surface area contributed by atoms with Crippen LogP contribution < -0.4 is 14.9 Å². The van der Waals surface area contributed by atoms with E-state index in [4.69, 9.17) is 9.47 Å². The number of hydrogen-bond donors (Lipinski definition) is 1. The predicted octanol–water partition coefficient (Wildman–Crippen LogP) is 4.10. The molecule has 2 aromatic rings. The third kappa shape index (κ3) is 3.42. The predicted molar refractivity (Wildman–Crippen MR) is 81.7 cm³/mol. The van der Waals surface area contributed by atoms with E-state index in [1.807, 2.05) is 5.43 Å². The molecule has 0 bridgehead atoms. The molecule has 0 aliphatic heterocycles. The highest BCUT2D eigenvalue weighted by molar-refractivity contribution is 5.99. The summed E-state index contributed by atoms with van der Waals surface area (Å²) in [7, 11) is 2.93. The zero-order valence-electron chi connectivity index (χ0n) is 13.1. The van der Waals surface area contributed by atoms with Crippen LogP contribution in [0.15, 0.2) is 29.4 Å². The number of benzene rings is 2. The summed E-state index contributed by atoms with van der Waals surface area (Å²) in [4.78, 5) is 0. The number of anilines is 1. The molecule has 0 heterocycles. The van der Waals surface area contributed by atoms with Crippen molar-refractivity contribution >= 4 is 11.4 Å². The Labute approximate surface area is 135 Å². The van der Waals surface area contributed by atoms with Crippen LogP contribution >= 0.6 is 0 Å². The third-order valence-electron chi connectivity index (χ3n) is 3.25. The van der Waals surface area contributed by atoms with E-state index < -0.39 is 29.0 Å². The van der Waals surface area contributed by atoms with Gasteiger partial charge >= 0.3 is 0 Å². The fourth-order valence-electron chi connectivity index (χ4n) is 1.94. The zero-order valence-corrected chi connectivity index (χ0v) is 13.1. The van der Waals surface area contributed by atoms with Crippen LogP contribution in [0.3, 0.4) is 0 Å². The highest BCUT2D eigenvalue weighted by atomic mass is 19.2. The number of rotatable bonds is 5. The minimum absolute atomic E-state index is 0.126. The first-order valence-corrected chi connectivity index (χ1v) is 6.74. The second-order valence-corrected chi connectivity index (χ2v) is 4.72. The van der Waals surface area contributed by atoms with Crippen molar-refractivity contribution in [2.75, 3.05) is 19.6 Å². The van der Waals surface area contributed by atoms with E-state index in [9.17, 15) is 17.6 Å². The monoisotopic (exact) mass is 342 g/mol. The topological polar surface area (TPSA) is 42.8 Å². The van der Waals surface area contributed by atoms with Crippen LogP contribution in [0, 0.1) is 23.3 Å². The van der Waals surface area contributed by atoms with Crippen molar-refractivity contribution in [3.05, 3.63) is 53.1 Å². The van der Waals surface area contributed by atoms with Crippen LogP contribution in [0.2, 0.25) is 0 Å². The van der Waals surface area contributed by atoms with E-state index >= 15 is 0 Å². The van der Waals surface area contributed by atoms with Gasteiger partial charge < -0.3 is 9.47 Å². The van der Waals surface area contributed by atoms with Gasteiger partial charge in [-0.2, -0.15) is 5.10 Å². The minimum atomic E-state index is -1.56. The summed E-state index contributed by atoms with van der Waals surface area (Å²) in [6.07, 6.45) is 0. The molecule has 0 atom stereocenters. The molecular formula is C16H14F4N2O2. The molecule has 2 rings (SSSR count). The molecule has 0 aliphatic carbocycles. The lowest BCUT2D eigenvalue weighted by molar-refractivity contribution is 0.355. The van der Waals surface area contributed by atoms with Gasteiger partial charge in [0.2, 0.25) is 0 Å². The Hall–Kier alpha value is -2.77. The number of nitrogens with one attached hydrogen (secondary N) is 1.